The SMILES string of the molecule is COCc1cccc(C(=O)Nc2cccc(OCC(=O)N3CCCC3)c2)c1. The number of likely N-dealkylation sites (tertiary alicyclic amines) is 1. The van der Waals surface area contributed by atoms with Crippen LogP contribution in [0.2, 0.25) is 0 Å². The van der Waals surface area contributed by atoms with Crippen LogP contribution in [0.15, 0.2) is 48.5 Å². The Balaban J connectivity index is 1.59. The number of ether oxygens (including phenoxy) is 2. The molecular formula is C21H24N2O4. The second-order valence-corrected chi connectivity index (χ2v) is 6.49. The lowest BCUT2D eigenvalue weighted by molar-refractivity contribution is -0.132. The van der Waals surface area contributed by atoms with Gasteiger partial charge in [0.2, 0.25) is 0 Å². The minimum absolute atomic E-state index is 0.00287. The second-order valence-electron chi connectivity index (χ2n) is 6.49. The highest BCUT2D eigenvalue weighted by molar-refractivity contribution is 6.04. The predicted octanol–water partition coefficient (Wildman–Crippen LogP) is 3.09. The molecule has 1 heterocycles. The minimum Gasteiger partial charge on any atom is -0.484 e. The molecule has 1 aliphatic rings. The summed E-state index contributed by atoms with van der Waals surface area (Å²) in [4.78, 5) is 26.4. The number of hydrogen-bond acceptors (Lipinski definition) is 4. The van der Waals surface area contributed by atoms with E-state index in [4.69, 9.17) is 9.47 Å². The van der Waals surface area contributed by atoms with Gasteiger partial charge in [0.25, 0.3) is 11.8 Å². The maximum Gasteiger partial charge on any atom is 0.260 e. The van der Waals surface area contributed by atoms with Gasteiger partial charge in [-0.15, -0.1) is 0 Å². The molecule has 1 aliphatic heterocycles. The highest BCUT2D eigenvalue weighted by Crippen LogP contribution is 2.19. The number of nitrogens with zero attached hydrogens (tertiary/aromatic N) is 1. The van der Waals surface area contributed by atoms with Crippen LogP contribution in [0.3, 0.4) is 0 Å². The fourth-order valence-corrected chi connectivity index (χ4v) is 3.04. The first kappa shape index (κ1) is 18.9. The Morgan fingerprint density at radius 1 is 1.07 bits per heavy atom. The zero-order chi connectivity index (χ0) is 19.1. The first-order valence-corrected chi connectivity index (χ1v) is 9.05. The number of carbonyl (C=O) groups is 2. The molecule has 2 aromatic carbocycles. The Morgan fingerprint density at radius 2 is 1.85 bits per heavy atom. The van der Waals surface area contributed by atoms with E-state index in [1.165, 1.54) is 0 Å². The van der Waals surface area contributed by atoms with Crippen molar-refractivity contribution >= 4 is 17.5 Å². The molecule has 2 amide bonds. The molecule has 142 valence electrons. The van der Waals surface area contributed by atoms with Gasteiger partial charge in [-0.2, -0.15) is 0 Å². The molecule has 0 spiro atoms. The van der Waals surface area contributed by atoms with Gasteiger partial charge in [-0.05, 0) is 42.7 Å². The maximum atomic E-state index is 12.5. The summed E-state index contributed by atoms with van der Waals surface area (Å²) in [6.07, 6.45) is 2.11. The molecule has 2 aromatic rings. The summed E-state index contributed by atoms with van der Waals surface area (Å²) in [6, 6.07) is 14.3. The van der Waals surface area contributed by atoms with Gasteiger partial charge < -0.3 is 19.7 Å². The summed E-state index contributed by atoms with van der Waals surface area (Å²) in [5, 5.41) is 2.86. The van der Waals surface area contributed by atoms with Crippen molar-refractivity contribution in [1.29, 1.82) is 0 Å². The lowest BCUT2D eigenvalue weighted by atomic mass is 10.1. The monoisotopic (exact) mass is 368 g/mol. The van der Waals surface area contributed by atoms with E-state index >= 15 is 0 Å². The Morgan fingerprint density at radius 3 is 2.63 bits per heavy atom. The molecule has 0 atom stereocenters. The van der Waals surface area contributed by atoms with Crippen molar-refractivity contribution in [2.75, 3.05) is 32.1 Å². The maximum absolute atomic E-state index is 12.5. The standard InChI is InChI=1S/C21H24N2O4/c1-26-14-16-6-4-7-17(12-16)21(25)22-18-8-5-9-19(13-18)27-15-20(24)23-10-2-3-11-23/h4-9,12-13H,2-3,10-11,14-15H2,1H3,(H,22,25). The third-order valence-corrected chi connectivity index (χ3v) is 4.41. The zero-order valence-electron chi connectivity index (χ0n) is 15.4. The van der Waals surface area contributed by atoms with Crippen molar-refractivity contribution in [2.45, 2.75) is 19.4 Å². The number of anilines is 1. The largest absolute Gasteiger partial charge is 0.484 e. The number of nitrogens with one attached hydrogen (secondary N) is 1. The van der Waals surface area contributed by atoms with Crippen molar-refractivity contribution in [2.24, 2.45) is 0 Å². The molecule has 0 unspecified atom stereocenters. The highest BCUT2D eigenvalue weighted by Gasteiger charge is 2.18. The Labute approximate surface area is 159 Å². The molecule has 0 radical (unpaired) electrons. The molecule has 1 fully saturated rings. The number of carbonyl (C=O) groups excluding carboxylic acids is 2. The average Bonchev–Trinajstić information content (AvgIpc) is 3.22. The van der Waals surface area contributed by atoms with Crippen molar-refractivity contribution in [3.05, 3.63) is 59.7 Å². The molecule has 1 N–H and O–H groups in total. The normalized spacial score (nSPS) is 13.4. The van der Waals surface area contributed by atoms with E-state index in [1.54, 1.807) is 43.5 Å². The summed E-state index contributed by atoms with van der Waals surface area (Å²) in [7, 11) is 1.62. The highest BCUT2D eigenvalue weighted by atomic mass is 16.5. The topological polar surface area (TPSA) is 67.9 Å². The summed E-state index contributed by atoms with van der Waals surface area (Å²) in [5.74, 6) is 0.337. The van der Waals surface area contributed by atoms with Gasteiger partial charge in [-0.25, -0.2) is 0 Å². The third kappa shape index (κ3) is 5.31. The van der Waals surface area contributed by atoms with Crippen molar-refractivity contribution in [3.8, 4) is 5.75 Å². The van der Waals surface area contributed by atoms with Crippen LogP contribution in [0.25, 0.3) is 0 Å². The van der Waals surface area contributed by atoms with Gasteiger partial charge in [-0.1, -0.05) is 18.2 Å². The van der Waals surface area contributed by atoms with Crippen LogP contribution in [0.1, 0.15) is 28.8 Å². The van der Waals surface area contributed by atoms with E-state index in [1.807, 2.05) is 17.0 Å². The number of hydrogen-bond donors (Lipinski definition) is 1. The molecule has 6 heteroatoms. The van der Waals surface area contributed by atoms with E-state index < -0.39 is 0 Å². The lowest BCUT2D eigenvalue weighted by Crippen LogP contribution is -2.32. The molecule has 6 nitrogen and oxygen atoms in total. The van der Waals surface area contributed by atoms with Crippen LogP contribution in [-0.2, 0) is 16.1 Å². The van der Waals surface area contributed by atoms with Gasteiger partial charge in [0, 0.05) is 37.5 Å². The van der Waals surface area contributed by atoms with Gasteiger partial charge >= 0.3 is 0 Å². The number of methoxy groups -OCH3 is 1. The molecule has 0 saturated carbocycles. The molecular weight excluding hydrogens is 344 g/mol. The van der Waals surface area contributed by atoms with E-state index in [0.717, 1.165) is 31.5 Å². The summed E-state index contributed by atoms with van der Waals surface area (Å²) < 4.78 is 10.7. The van der Waals surface area contributed by atoms with Gasteiger partial charge in [0.05, 0.1) is 6.61 Å². The average molecular weight is 368 g/mol. The van der Waals surface area contributed by atoms with Crippen LogP contribution < -0.4 is 10.1 Å². The number of amides is 2. The molecule has 1 saturated heterocycles. The van der Waals surface area contributed by atoms with Gasteiger partial charge in [0.15, 0.2) is 6.61 Å². The fraction of sp³-hybridized carbons (Fsp3) is 0.333. The van der Waals surface area contributed by atoms with Crippen LogP contribution >= 0.6 is 0 Å². The predicted molar refractivity (Wildman–Crippen MR) is 103 cm³/mol. The smallest absolute Gasteiger partial charge is 0.260 e. The first-order valence-electron chi connectivity index (χ1n) is 9.05. The molecule has 3 rings (SSSR count). The number of rotatable bonds is 7. The van der Waals surface area contributed by atoms with E-state index in [-0.39, 0.29) is 18.4 Å². The molecule has 0 bridgehead atoms. The van der Waals surface area contributed by atoms with Gasteiger partial charge in [-0.3, -0.25) is 9.59 Å². The van der Waals surface area contributed by atoms with E-state index in [9.17, 15) is 9.59 Å². The first-order chi connectivity index (χ1) is 13.2. The van der Waals surface area contributed by atoms with Crippen molar-refractivity contribution < 1.29 is 19.1 Å². The summed E-state index contributed by atoms with van der Waals surface area (Å²) >= 11 is 0. The summed E-state index contributed by atoms with van der Waals surface area (Å²) in [6.45, 7) is 2.08. The van der Waals surface area contributed by atoms with Crippen LogP contribution in [0.4, 0.5) is 5.69 Å². The third-order valence-electron chi connectivity index (χ3n) is 4.41. The van der Waals surface area contributed by atoms with Crippen molar-refractivity contribution in [1.82, 2.24) is 4.90 Å². The van der Waals surface area contributed by atoms with E-state index in [2.05, 4.69) is 5.32 Å². The van der Waals surface area contributed by atoms with Crippen LogP contribution in [-0.4, -0.2) is 43.5 Å². The number of benzene rings is 2. The summed E-state index contributed by atoms with van der Waals surface area (Å²) in [5.41, 5.74) is 2.10. The lowest BCUT2D eigenvalue weighted by Gasteiger charge is -2.15. The molecule has 0 aromatic heterocycles. The fourth-order valence-electron chi connectivity index (χ4n) is 3.04. The Hall–Kier alpha value is -2.86. The minimum atomic E-state index is -0.210. The quantitative estimate of drug-likeness (QED) is 0.815. The van der Waals surface area contributed by atoms with E-state index in [0.29, 0.717) is 23.6 Å². The van der Waals surface area contributed by atoms with Crippen LogP contribution in [0, 0.1) is 0 Å². The van der Waals surface area contributed by atoms with Crippen molar-refractivity contribution in [3.63, 3.8) is 0 Å². The second kappa shape index (κ2) is 9.19. The Bertz CT molecular complexity index is 800. The van der Waals surface area contributed by atoms with Gasteiger partial charge in [0.1, 0.15) is 5.75 Å². The molecule has 27 heavy (non-hydrogen) atoms. The van der Waals surface area contributed by atoms with Crippen LogP contribution in [0.5, 0.6) is 5.75 Å². The Kier molecular flexibility index (Phi) is 6.44. The molecule has 0 aliphatic carbocycles. The zero-order valence-corrected chi connectivity index (χ0v) is 15.4.